The number of nitrogens with one attached hydrogen (secondary N) is 1. The molecular formula is C15H22Cl2N2O. The number of hydrazine groups is 1. The highest BCUT2D eigenvalue weighted by molar-refractivity contribution is 6.42. The minimum atomic E-state index is 0.112. The van der Waals surface area contributed by atoms with Gasteiger partial charge in [0.2, 0.25) is 0 Å². The smallest absolute Gasteiger partial charge is 0.0624 e. The Balaban J connectivity index is 2.19. The van der Waals surface area contributed by atoms with E-state index in [1.807, 2.05) is 12.1 Å². The van der Waals surface area contributed by atoms with Crippen LogP contribution in [0.3, 0.4) is 0 Å². The van der Waals surface area contributed by atoms with Gasteiger partial charge in [-0.15, -0.1) is 0 Å². The lowest BCUT2D eigenvalue weighted by atomic mass is 9.81. The van der Waals surface area contributed by atoms with E-state index in [9.17, 15) is 0 Å². The average molecular weight is 317 g/mol. The molecule has 1 saturated heterocycles. The predicted molar refractivity (Wildman–Crippen MR) is 83.9 cm³/mol. The molecule has 3 N–H and O–H groups in total. The van der Waals surface area contributed by atoms with Crippen LogP contribution in [0.2, 0.25) is 10.0 Å². The van der Waals surface area contributed by atoms with E-state index in [0.29, 0.717) is 21.9 Å². The highest BCUT2D eigenvalue weighted by Crippen LogP contribution is 2.36. The molecule has 0 saturated carbocycles. The molecule has 112 valence electrons. The lowest BCUT2D eigenvalue weighted by Crippen LogP contribution is -2.46. The fourth-order valence-electron chi connectivity index (χ4n) is 3.24. The van der Waals surface area contributed by atoms with Gasteiger partial charge < -0.3 is 4.74 Å². The van der Waals surface area contributed by atoms with Crippen LogP contribution in [-0.2, 0) is 11.2 Å². The van der Waals surface area contributed by atoms with Crippen molar-refractivity contribution in [2.75, 3.05) is 0 Å². The number of nitrogens with two attached hydrogens (primary N) is 1. The minimum absolute atomic E-state index is 0.112. The van der Waals surface area contributed by atoms with Crippen LogP contribution in [0.15, 0.2) is 18.2 Å². The van der Waals surface area contributed by atoms with Crippen LogP contribution in [-0.4, -0.2) is 18.2 Å². The van der Waals surface area contributed by atoms with Gasteiger partial charge in [-0.1, -0.05) is 42.3 Å². The summed E-state index contributed by atoms with van der Waals surface area (Å²) in [5.74, 6) is 6.58. The second kappa shape index (κ2) is 6.63. The van der Waals surface area contributed by atoms with Gasteiger partial charge in [-0.3, -0.25) is 11.3 Å². The highest BCUT2D eigenvalue weighted by Gasteiger charge is 2.41. The van der Waals surface area contributed by atoms with Crippen LogP contribution in [0.4, 0.5) is 0 Å². The highest BCUT2D eigenvalue weighted by atomic mass is 35.5. The molecule has 1 aliphatic rings. The average Bonchev–Trinajstić information content (AvgIpc) is 2.66. The van der Waals surface area contributed by atoms with Crippen molar-refractivity contribution in [3.63, 3.8) is 0 Å². The van der Waals surface area contributed by atoms with Gasteiger partial charge in [0.15, 0.2) is 0 Å². The first-order valence-corrected chi connectivity index (χ1v) is 7.75. The van der Waals surface area contributed by atoms with Gasteiger partial charge in [-0.25, -0.2) is 0 Å². The Kier molecular flexibility index (Phi) is 5.32. The van der Waals surface area contributed by atoms with Gasteiger partial charge in [-0.05, 0) is 37.8 Å². The molecule has 0 bridgehead atoms. The number of ether oxygens (including phenoxy) is 1. The molecule has 1 heterocycles. The summed E-state index contributed by atoms with van der Waals surface area (Å²) in [6.45, 7) is 6.43. The molecule has 1 aromatic rings. The van der Waals surface area contributed by atoms with E-state index in [2.05, 4.69) is 26.2 Å². The van der Waals surface area contributed by atoms with Crippen molar-refractivity contribution in [2.45, 2.75) is 45.4 Å². The van der Waals surface area contributed by atoms with Crippen LogP contribution in [0.5, 0.6) is 0 Å². The van der Waals surface area contributed by atoms with Crippen LogP contribution in [0, 0.1) is 11.8 Å². The lowest BCUT2D eigenvalue weighted by molar-refractivity contribution is 0.0476. The topological polar surface area (TPSA) is 47.3 Å². The van der Waals surface area contributed by atoms with E-state index in [-0.39, 0.29) is 18.2 Å². The molecule has 0 aromatic heterocycles. The van der Waals surface area contributed by atoms with Gasteiger partial charge >= 0.3 is 0 Å². The van der Waals surface area contributed by atoms with Crippen molar-refractivity contribution in [3.8, 4) is 0 Å². The number of hydrogen-bond acceptors (Lipinski definition) is 3. The molecule has 0 spiro atoms. The first kappa shape index (κ1) is 16.1. The van der Waals surface area contributed by atoms with Crippen molar-refractivity contribution < 1.29 is 4.74 Å². The van der Waals surface area contributed by atoms with Crippen molar-refractivity contribution in [3.05, 3.63) is 33.8 Å². The van der Waals surface area contributed by atoms with Crippen molar-refractivity contribution >= 4 is 23.2 Å². The van der Waals surface area contributed by atoms with Gasteiger partial charge in [0.1, 0.15) is 0 Å². The van der Waals surface area contributed by atoms with Gasteiger partial charge in [0.05, 0.1) is 22.3 Å². The summed E-state index contributed by atoms with van der Waals surface area (Å²) in [5, 5.41) is 1.19. The van der Waals surface area contributed by atoms with Crippen molar-refractivity contribution in [1.82, 2.24) is 5.43 Å². The largest absolute Gasteiger partial charge is 0.375 e. The first-order valence-electron chi connectivity index (χ1n) is 7.00. The number of halogens is 2. The van der Waals surface area contributed by atoms with E-state index in [1.54, 1.807) is 6.07 Å². The fourth-order valence-corrected chi connectivity index (χ4v) is 3.63. The summed E-state index contributed by atoms with van der Waals surface area (Å²) < 4.78 is 5.91. The molecule has 5 atom stereocenters. The van der Waals surface area contributed by atoms with Crippen LogP contribution in [0.1, 0.15) is 26.3 Å². The predicted octanol–water partition coefficient (Wildman–Crippen LogP) is 3.43. The third-order valence-electron chi connectivity index (χ3n) is 4.47. The second-order valence-electron chi connectivity index (χ2n) is 5.67. The number of rotatable bonds is 4. The molecule has 1 aliphatic heterocycles. The standard InChI is InChI=1S/C15H22Cl2N2O/c1-8-9(2)20-10(3)14(8)13(19-18)7-11-5-4-6-12(16)15(11)17/h4-6,8-10,13-14,19H,7,18H2,1-3H3. The molecule has 0 amide bonds. The molecule has 2 rings (SSSR count). The lowest BCUT2D eigenvalue weighted by Gasteiger charge is -2.28. The zero-order valence-corrected chi connectivity index (χ0v) is 13.6. The molecule has 0 radical (unpaired) electrons. The Bertz CT molecular complexity index is 469. The van der Waals surface area contributed by atoms with Crippen LogP contribution < -0.4 is 11.3 Å². The third kappa shape index (κ3) is 3.12. The molecule has 5 heteroatoms. The summed E-state index contributed by atoms with van der Waals surface area (Å²) in [6, 6.07) is 5.82. The molecule has 20 heavy (non-hydrogen) atoms. The van der Waals surface area contributed by atoms with Crippen LogP contribution in [0.25, 0.3) is 0 Å². The summed E-state index contributed by atoms with van der Waals surface area (Å²) >= 11 is 12.3. The number of benzene rings is 1. The zero-order valence-electron chi connectivity index (χ0n) is 12.1. The summed E-state index contributed by atoms with van der Waals surface area (Å²) in [6.07, 6.45) is 1.17. The van der Waals surface area contributed by atoms with E-state index in [1.165, 1.54) is 0 Å². The SMILES string of the molecule is CC1OC(C)C(C(Cc2cccc(Cl)c2Cl)NN)C1C. The van der Waals surface area contributed by atoms with Gasteiger partial charge in [-0.2, -0.15) is 0 Å². The van der Waals surface area contributed by atoms with Crippen molar-refractivity contribution in [1.29, 1.82) is 0 Å². The molecular weight excluding hydrogens is 295 g/mol. The van der Waals surface area contributed by atoms with Gasteiger partial charge in [0, 0.05) is 12.0 Å². The van der Waals surface area contributed by atoms with E-state index in [0.717, 1.165) is 12.0 Å². The molecule has 5 unspecified atom stereocenters. The summed E-state index contributed by atoms with van der Waals surface area (Å²) in [7, 11) is 0. The Labute approximate surface area is 130 Å². The summed E-state index contributed by atoms with van der Waals surface area (Å²) in [4.78, 5) is 0. The first-order chi connectivity index (χ1) is 9.45. The zero-order chi connectivity index (χ0) is 14.9. The van der Waals surface area contributed by atoms with Crippen molar-refractivity contribution in [2.24, 2.45) is 17.7 Å². The molecule has 3 nitrogen and oxygen atoms in total. The second-order valence-corrected chi connectivity index (χ2v) is 6.46. The van der Waals surface area contributed by atoms with E-state index in [4.69, 9.17) is 33.8 Å². The Hall–Kier alpha value is -0.320. The van der Waals surface area contributed by atoms with E-state index >= 15 is 0 Å². The number of hydrogen-bond donors (Lipinski definition) is 2. The van der Waals surface area contributed by atoms with Gasteiger partial charge in [0.25, 0.3) is 0 Å². The van der Waals surface area contributed by atoms with E-state index < -0.39 is 0 Å². The summed E-state index contributed by atoms with van der Waals surface area (Å²) in [5.41, 5.74) is 3.95. The monoisotopic (exact) mass is 316 g/mol. The third-order valence-corrected chi connectivity index (χ3v) is 5.33. The minimum Gasteiger partial charge on any atom is -0.375 e. The fraction of sp³-hybridized carbons (Fsp3) is 0.600. The Morgan fingerprint density at radius 1 is 1.25 bits per heavy atom. The molecule has 1 fully saturated rings. The Morgan fingerprint density at radius 3 is 2.50 bits per heavy atom. The molecule has 1 aromatic carbocycles. The quantitative estimate of drug-likeness (QED) is 0.661. The maximum atomic E-state index is 6.27. The normalized spacial score (nSPS) is 31.5. The maximum absolute atomic E-state index is 6.27. The Morgan fingerprint density at radius 2 is 1.95 bits per heavy atom. The maximum Gasteiger partial charge on any atom is 0.0624 e. The van der Waals surface area contributed by atoms with Crippen LogP contribution >= 0.6 is 23.2 Å². The molecule has 0 aliphatic carbocycles.